The summed E-state index contributed by atoms with van der Waals surface area (Å²) < 4.78 is 5.61. The van der Waals surface area contributed by atoms with Gasteiger partial charge in [0.25, 0.3) is 0 Å². The number of aromatic nitrogens is 2. The van der Waals surface area contributed by atoms with Crippen molar-refractivity contribution in [2.75, 3.05) is 0 Å². The Balaban J connectivity index is 3.00. The Hall–Kier alpha value is -0.321. The van der Waals surface area contributed by atoms with Crippen LogP contribution in [0.25, 0.3) is 0 Å². The molecule has 4 heteroatoms. The molecule has 1 rings (SSSR count). The maximum atomic E-state index is 10.9. The number of carbonyl (C=O) groups is 1. The molecular weight excluding hydrogens is 355 g/mol. The molecule has 1 aromatic rings. The summed E-state index contributed by atoms with van der Waals surface area (Å²) in [6, 6.07) is 2.06. The van der Waals surface area contributed by atoms with Crippen molar-refractivity contribution >= 4 is 28.4 Å². The van der Waals surface area contributed by atoms with E-state index in [1.807, 2.05) is 0 Å². The van der Waals surface area contributed by atoms with E-state index >= 15 is 0 Å². The Labute approximate surface area is 127 Å². The molecule has 1 heterocycles. The number of aromatic amines is 1. The summed E-state index contributed by atoms with van der Waals surface area (Å²) in [6.45, 7) is 6.83. The quantitative estimate of drug-likeness (QED) is 0.457. The number of hydrogen-bond donors (Lipinski definition) is 1. The minimum absolute atomic E-state index is 0.588. The van der Waals surface area contributed by atoms with Crippen LogP contribution in [0.3, 0.4) is 0 Å². The van der Waals surface area contributed by atoms with Crippen LogP contribution in [-0.2, 0) is 0 Å². The molecule has 0 spiro atoms. The summed E-state index contributed by atoms with van der Waals surface area (Å²) in [5.74, 6) is 0. The van der Waals surface area contributed by atoms with Gasteiger partial charge in [0.1, 0.15) is 0 Å². The molecule has 0 radical (unpaired) electrons. The first-order chi connectivity index (χ1) is 9.72. The Morgan fingerprint density at radius 3 is 1.90 bits per heavy atom. The van der Waals surface area contributed by atoms with Crippen LogP contribution in [0.1, 0.15) is 69.8 Å². The first kappa shape index (κ1) is 17.7. The second-order valence-corrected chi connectivity index (χ2v) is 19.0. The van der Waals surface area contributed by atoms with E-state index in [-0.39, 0.29) is 0 Å². The van der Waals surface area contributed by atoms with Gasteiger partial charge in [0.2, 0.25) is 0 Å². The van der Waals surface area contributed by atoms with Crippen LogP contribution in [0.4, 0.5) is 0 Å². The predicted octanol–water partition coefficient (Wildman–Crippen LogP) is 4.28. The third-order valence-corrected chi connectivity index (χ3v) is 19.5. The number of aldehydes is 1. The fourth-order valence-corrected chi connectivity index (χ4v) is 18.4. The second-order valence-electron chi connectivity index (χ2n) is 5.92. The van der Waals surface area contributed by atoms with Crippen LogP contribution in [0.15, 0.2) is 6.07 Å². The second kappa shape index (κ2) is 9.59. The molecule has 1 aromatic heterocycles. The van der Waals surface area contributed by atoms with Crippen LogP contribution in [0, 0.1) is 0 Å². The van der Waals surface area contributed by atoms with Gasteiger partial charge >= 0.3 is 128 Å². The molecule has 0 fully saturated rings. The first-order valence-electron chi connectivity index (χ1n) is 8.23. The molecule has 0 unspecified atom stereocenters. The van der Waals surface area contributed by atoms with Crippen LogP contribution in [-0.4, -0.2) is 34.9 Å². The van der Waals surface area contributed by atoms with Crippen molar-refractivity contribution in [3.8, 4) is 0 Å². The normalized spacial score (nSPS) is 11.8. The fourth-order valence-electron chi connectivity index (χ4n) is 2.99. The van der Waals surface area contributed by atoms with E-state index in [0.29, 0.717) is 5.69 Å². The van der Waals surface area contributed by atoms with E-state index in [2.05, 4.69) is 37.0 Å². The average Bonchev–Trinajstić information content (AvgIpc) is 2.96. The molecule has 0 aliphatic carbocycles. The Kier molecular flexibility index (Phi) is 8.50. The van der Waals surface area contributed by atoms with E-state index in [4.69, 9.17) is 0 Å². The van der Waals surface area contributed by atoms with E-state index in [0.717, 1.165) is 6.29 Å². The Bertz CT molecular complexity index is 368. The summed E-state index contributed by atoms with van der Waals surface area (Å²) in [7, 11) is 0. The molecule has 0 aromatic carbocycles. The third-order valence-electron chi connectivity index (χ3n) is 4.32. The van der Waals surface area contributed by atoms with Crippen molar-refractivity contribution in [1.82, 2.24) is 10.2 Å². The number of H-pyrrole nitrogens is 1. The summed E-state index contributed by atoms with van der Waals surface area (Å²) >= 11 is -2.38. The van der Waals surface area contributed by atoms with Crippen molar-refractivity contribution in [3.63, 3.8) is 0 Å². The predicted molar refractivity (Wildman–Crippen MR) is 88.5 cm³/mol. The summed E-state index contributed by atoms with van der Waals surface area (Å²) in [5.41, 5.74) is 0.588. The molecule has 20 heavy (non-hydrogen) atoms. The van der Waals surface area contributed by atoms with E-state index in [9.17, 15) is 4.79 Å². The summed E-state index contributed by atoms with van der Waals surface area (Å²) in [4.78, 5) is 10.9. The molecule has 1 N–H and O–H groups in total. The van der Waals surface area contributed by atoms with Gasteiger partial charge in [-0.3, -0.25) is 0 Å². The van der Waals surface area contributed by atoms with Gasteiger partial charge in [0.05, 0.1) is 0 Å². The molecule has 0 aliphatic rings. The molecule has 0 saturated heterocycles. The topological polar surface area (TPSA) is 45.8 Å². The third kappa shape index (κ3) is 4.90. The van der Waals surface area contributed by atoms with Gasteiger partial charge in [0.15, 0.2) is 0 Å². The number of hydrogen-bond acceptors (Lipinski definition) is 2. The van der Waals surface area contributed by atoms with Gasteiger partial charge in [-0.05, 0) is 0 Å². The van der Waals surface area contributed by atoms with Crippen LogP contribution in [0.2, 0.25) is 13.3 Å². The zero-order chi connectivity index (χ0) is 14.8. The van der Waals surface area contributed by atoms with Crippen LogP contribution >= 0.6 is 0 Å². The van der Waals surface area contributed by atoms with E-state index < -0.39 is 18.4 Å². The van der Waals surface area contributed by atoms with Crippen molar-refractivity contribution in [3.05, 3.63) is 11.8 Å². The fraction of sp³-hybridized carbons (Fsp3) is 0.750. The minimum atomic E-state index is -2.38. The monoisotopic (exact) mass is 386 g/mol. The van der Waals surface area contributed by atoms with E-state index in [1.54, 1.807) is 0 Å². The van der Waals surface area contributed by atoms with Crippen molar-refractivity contribution in [2.45, 2.75) is 72.6 Å². The summed E-state index contributed by atoms with van der Waals surface area (Å²) in [5, 5.41) is 7.42. The molecule has 0 atom stereocenters. The molecule has 0 aliphatic heterocycles. The standard InChI is InChI=1S/C4H3N2O.3C4H9.Sn/c7-3-4-1-2-5-6-4;3*1-3-4-2;/h1,3H,(H,5,6);3*1,3-4H2,2H3;. The summed E-state index contributed by atoms with van der Waals surface area (Å²) in [6.07, 6.45) is 8.68. The molecule has 3 nitrogen and oxygen atoms in total. The zero-order valence-corrected chi connectivity index (χ0v) is 16.2. The molecule has 0 bridgehead atoms. The zero-order valence-electron chi connectivity index (χ0n) is 13.4. The van der Waals surface area contributed by atoms with Gasteiger partial charge in [-0.15, -0.1) is 0 Å². The van der Waals surface area contributed by atoms with Gasteiger partial charge in [0, 0.05) is 0 Å². The molecule has 0 amide bonds. The van der Waals surface area contributed by atoms with E-state index in [1.165, 1.54) is 55.5 Å². The first-order valence-corrected chi connectivity index (χ1v) is 15.7. The van der Waals surface area contributed by atoms with Crippen molar-refractivity contribution in [1.29, 1.82) is 0 Å². The molecule has 114 valence electrons. The van der Waals surface area contributed by atoms with Crippen molar-refractivity contribution in [2.24, 2.45) is 0 Å². The van der Waals surface area contributed by atoms with Crippen LogP contribution < -0.4 is 3.71 Å². The van der Waals surface area contributed by atoms with Gasteiger partial charge < -0.3 is 0 Å². The SMILES string of the molecule is CCC[CH2][Sn]([CH2]CCC)([CH2]CCC)[c]1cc(C=O)n[nH]1. The number of unbranched alkanes of at least 4 members (excludes halogenated alkanes) is 3. The van der Waals surface area contributed by atoms with Crippen molar-refractivity contribution < 1.29 is 4.79 Å². The van der Waals surface area contributed by atoms with Gasteiger partial charge in [-0.25, -0.2) is 0 Å². The number of carbonyl (C=O) groups excluding carboxylic acids is 1. The van der Waals surface area contributed by atoms with Gasteiger partial charge in [-0.2, -0.15) is 0 Å². The average molecular weight is 385 g/mol. The Morgan fingerprint density at radius 2 is 1.55 bits per heavy atom. The number of nitrogens with one attached hydrogen (secondary N) is 1. The molecule has 0 saturated carbocycles. The Morgan fingerprint density at radius 1 is 1.05 bits per heavy atom. The maximum absolute atomic E-state index is 10.9. The van der Waals surface area contributed by atoms with Gasteiger partial charge in [-0.1, -0.05) is 0 Å². The van der Waals surface area contributed by atoms with Crippen LogP contribution in [0.5, 0.6) is 0 Å². The number of nitrogens with zero attached hydrogens (tertiary/aromatic N) is 1. The molecular formula is C16H30N2OSn. The number of rotatable bonds is 11.